The summed E-state index contributed by atoms with van der Waals surface area (Å²) in [5.74, 6) is 2.44. The number of sulfonamides is 1. The van der Waals surface area contributed by atoms with Crippen molar-refractivity contribution in [1.29, 1.82) is 0 Å². The highest BCUT2D eigenvalue weighted by atomic mass is 32.2. The molecule has 2 aromatic heterocycles. The van der Waals surface area contributed by atoms with Gasteiger partial charge in [-0.15, -0.1) is 10.2 Å². The lowest BCUT2D eigenvalue weighted by Gasteiger charge is -2.29. The minimum Gasteiger partial charge on any atom is -0.497 e. The van der Waals surface area contributed by atoms with Gasteiger partial charge in [-0.05, 0) is 55.3 Å². The molecular weight excluding hydrogens is 490 g/mol. The Morgan fingerprint density at radius 1 is 0.946 bits per heavy atom. The first-order valence-electron chi connectivity index (χ1n) is 12.0. The molecule has 1 aliphatic heterocycles. The summed E-state index contributed by atoms with van der Waals surface area (Å²) in [5, 5.41) is 8.43. The van der Waals surface area contributed by atoms with Crippen LogP contribution in [0, 0.1) is 0 Å². The maximum atomic E-state index is 13.4. The van der Waals surface area contributed by atoms with Crippen LogP contribution in [0.4, 0.5) is 0 Å². The Labute approximate surface area is 214 Å². The van der Waals surface area contributed by atoms with Crippen LogP contribution in [0.1, 0.15) is 24.7 Å². The average molecular weight is 516 g/mol. The number of benzene rings is 3. The third kappa shape index (κ3) is 4.49. The van der Waals surface area contributed by atoms with Crippen LogP contribution in [-0.4, -0.2) is 53.1 Å². The van der Waals surface area contributed by atoms with Crippen molar-refractivity contribution in [3.63, 3.8) is 0 Å². The van der Waals surface area contributed by atoms with E-state index in [0.29, 0.717) is 49.1 Å². The number of imidazole rings is 1. The van der Waals surface area contributed by atoms with Gasteiger partial charge in [0.15, 0.2) is 0 Å². The van der Waals surface area contributed by atoms with Crippen LogP contribution >= 0.6 is 0 Å². The van der Waals surface area contributed by atoms with Gasteiger partial charge in [0.05, 0.1) is 23.0 Å². The highest BCUT2D eigenvalue weighted by Gasteiger charge is 2.32. The van der Waals surface area contributed by atoms with Gasteiger partial charge in [-0.2, -0.15) is 4.31 Å². The van der Waals surface area contributed by atoms with E-state index in [0.717, 1.165) is 22.4 Å². The molecule has 1 saturated heterocycles. The van der Waals surface area contributed by atoms with Crippen molar-refractivity contribution < 1.29 is 17.6 Å². The van der Waals surface area contributed by atoms with Crippen LogP contribution in [0.3, 0.4) is 0 Å². The van der Waals surface area contributed by atoms with Crippen molar-refractivity contribution in [2.45, 2.75) is 23.7 Å². The van der Waals surface area contributed by atoms with E-state index in [1.165, 1.54) is 4.31 Å². The molecule has 3 aromatic carbocycles. The summed E-state index contributed by atoms with van der Waals surface area (Å²) in [4.78, 5) is 8.10. The minimum atomic E-state index is -3.65. The maximum Gasteiger partial charge on any atom is 0.247 e. The normalized spacial score (nSPS) is 15.3. The minimum absolute atomic E-state index is 0.00877. The van der Waals surface area contributed by atoms with E-state index < -0.39 is 10.0 Å². The van der Waals surface area contributed by atoms with Gasteiger partial charge in [0.25, 0.3) is 0 Å². The summed E-state index contributed by atoms with van der Waals surface area (Å²) in [7, 11) is -2.04. The first kappa shape index (κ1) is 23.4. The summed E-state index contributed by atoms with van der Waals surface area (Å²) in [6.07, 6.45) is 1.21. The first-order valence-corrected chi connectivity index (χ1v) is 13.5. The molecule has 0 bridgehead atoms. The van der Waals surface area contributed by atoms with Gasteiger partial charge in [-0.1, -0.05) is 30.3 Å². The number of aromatic nitrogens is 4. The van der Waals surface area contributed by atoms with Crippen molar-refractivity contribution >= 4 is 21.1 Å². The Hall–Kier alpha value is -4.02. The van der Waals surface area contributed by atoms with E-state index in [1.54, 1.807) is 25.3 Å². The topological polar surface area (TPSA) is 114 Å². The summed E-state index contributed by atoms with van der Waals surface area (Å²) >= 11 is 0. The van der Waals surface area contributed by atoms with Crippen LogP contribution in [0.2, 0.25) is 0 Å². The number of aromatic amines is 1. The SMILES string of the molecule is COc1ccc(-c2nnc(C3CCN(S(=O)(=O)c4ccc5nc(-c6ccccc6)[nH]c5c4)CC3)o2)cc1. The number of hydrogen-bond acceptors (Lipinski definition) is 7. The fourth-order valence-corrected chi connectivity index (χ4v) is 6.12. The lowest BCUT2D eigenvalue weighted by Crippen LogP contribution is -2.37. The maximum absolute atomic E-state index is 13.4. The molecule has 0 saturated carbocycles. The second-order valence-electron chi connectivity index (χ2n) is 8.98. The van der Waals surface area contributed by atoms with E-state index in [9.17, 15) is 8.42 Å². The third-order valence-electron chi connectivity index (χ3n) is 6.72. The number of piperidine rings is 1. The summed E-state index contributed by atoms with van der Waals surface area (Å²) < 4.78 is 39.5. The van der Waals surface area contributed by atoms with Crippen molar-refractivity contribution in [2.24, 2.45) is 0 Å². The molecule has 5 aromatic rings. The van der Waals surface area contributed by atoms with E-state index in [-0.39, 0.29) is 10.8 Å². The van der Waals surface area contributed by atoms with E-state index in [1.807, 2.05) is 54.6 Å². The van der Waals surface area contributed by atoms with Gasteiger partial charge >= 0.3 is 0 Å². The zero-order chi connectivity index (χ0) is 25.4. The number of H-pyrrole nitrogens is 1. The molecule has 188 valence electrons. The highest BCUT2D eigenvalue weighted by molar-refractivity contribution is 7.89. The fraction of sp³-hybridized carbons (Fsp3) is 0.222. The third-order valence-corrected chi connectivity index (χ3v) is 8.61. The van der Waals surface area contributed by atoms with Gasteiger partial charge in [0, 0.05) is 30.1 Å². The molecular formula is C27H25N5O4S. The molecule has 0 atom stereocenters. The lowest BCUT2D eigenvalue weighted by atomic mass is 9.98. The summed E-state index contributed by atoms with van der Waals surface area (Å²) in [6, 6.07) is 22.2. The van der Waals surface area contributed by atoms with E-state index in [4.69, 9.17) is 9.15 Å². The zero-order valence-corrected chi connectivity index (χ0v) is 21.0. The highest BCUT2D eigenvalue weighted by Crippen LogP contribution is 2.32. The van der Waals surface area contributed by atoms with Crippen molar-refractivity contribution in [1.82, 2.24) is 24.5 Å². The molecule has 3 heterocycles. The molecule has 1 fully saturated rings. The van der Waals surface area contributed by atoms with Crippen LogP contribution in [0.15, 0.2) is 82.1 Å². The average Bonchev–Trinajstić information content (AvgIpc) is 3.61. The van der Waals surface area contributed by atoms with Crippen molar-refractivity contribution in [3.05, 3.63) is 78.7 Å². The summed E-state index contributed by atoms with van der Waals surface area (Å²) in [6.45, 7) is 0.757. The van der Waals surface area contributed by atoms with Gasteiger partial charge < -0.3 is 14.1 Å². The number of rotatable bonds is 6. The largest absolute Gasteiger partial charge is 0.497 e. The quantitative estimate of drug-likeness (QED) is 0.344. The molecule has 0 aliphatic carbocycles. The predicted molar refractivity (Wildman–Crippen MR) is 139 cm³/mol. The number of ether oxygens (including phenoxy) is 1. The number of nitrogens with one attached hydrogen (secondary N) is 1. The van der Waals surface area contributed by atoms with Gasteiger partial charge in [-0.25, -0.2) is 13.4 Å². The second kappa shape index (κ2) is 9.45. The first-order chi connectivity index (χ1) is 18.0. The number of hydrogen-bond donors (Lipinski definition) is 1. The van der Waals surface area contributed by atoms with Gasteiger partial charge in [0.2, 0.25) is 21.8 Å². The monoisotopic (exact) mass is 515 g/mol. The zero-order valence-electron chi connectivity index (χ0n) is 20.2. The number of nitrogens with zero attached hydrogens (tertiary/aromatic N) is 4. The Morgan fingerprint density at radius 2 is 1.70 bits per heavy atom. The standard InChI is InChI=1S/C27H25N5O4S/c1-35-21-9-7-19(8-10-21)26-30-31-27(36-26)20-13-15-32(16-14-20)37(33,34)22-11-12-23-24(17-22)29-25(28-23)18-5-3-2-4-6-18/h2-12,17,20H,13-16H2,1H3,(H,28,29). The Morgan fingerprint density at radius 3 is 2.43 bits per heavy atom. The Bertz CT molecular complexity index is 1640. The molecule has 10 heteroatoms. The van der Waals surface area contributed by atoms with Crippen molar-refractivity contribution in [3.8, 4) is 28.6 Å². The molecule has 1 aliphatic rings. The van der Waals surface area contributed by atoms with Crippen LogP contribution in [-0.2, 0) is 10.0 Å². The predicted octanol–water partition coefficient (Wildman–Crippen LogP) is 4.86. The number of methoxy groups -OCH3 is 1. The molecule has 1 N–H and O–H groups in total. The van der Waals surface area contributed by atoms with Crippen LogP contribution in [0.5, 0.6) is 5.75 Å². The molecule has 0 spiro atoms. The summed E-state index contributed by atoms with van der Waals surface area (Å²) in [5.41, 5.74) is 3.16. The fourth-order valence-electron chi connectivity index (χ4n) is 4.62. The molecule has 0 radical (unpaired) electrons. The lowest BCUT2D eigenvalue weighted by molar-refractivity contribution is 0.291. The molecule has 0 amide bonds. The number of fused-ring (bicyclic) bond motifs is 1. The Kier molecular flexibility index (Phi) is 5.97. The van der Waals surface area contributed by atoms with Crippen molar-refractivity contribution in [2.75, 3.05) is 20.2 Å². The second-order valence-corrected chi connectivity index (χ2v) is 10.9. The molecule has 37 heavy (non-hydrogen) atoms. The van der Waals surface area contributed by atoms with E-state index in [2.05, 4.69) is 20.2 Å². The van der Waals surface area contributed by atoms with Gasteiger partial charge in [-0.3, -0.25) is 0 Å². The molecule has 0 unspecified atom stereocenters. The van der Waals surface area contributed by atoms with Crippen LogP contribution < -0.4 is 4.74 Å². The molecule has 6 rings (SSSR count). The van der Waals surface area contributed by atoms with Crippen LogP contribution in [0.25, 0.3) is 33.9 Å². The van der Waals surface area contributed by atoms with E-state index >= 15 is 0 Å². The van der Waals surface area contributed by atoms with Gasteiger partial charge in [0.1, 0.15) is 11.6 Å². The molecule has 9 nitrogen and oxygen atoms in total. The Balaban J connectivity index is 1.16. The smallest absolute Gasteiger partial charge is 0.247 e.